The lowest BCUT2D eigenvalue weighted by Crippen LogP contribution is -2.38. The van der Waals surface area contributed by atoms with Crippen molar-refractivity contribution in [2.45, 2.75) is 32.7 Å². The summed E-state index contributed by atoms with van der Waals surface area (Å²) in [5, 5.41) is 16.5. The zero-order valence-corrected chi connectivity index (χ0v) is 11.2. The molecule has 0 saturated heterocycles. The Labute approximate surface area is 109 Å². The molecule has 1 atom stereocenters. The van der Waals surface area contributed by atoms with Crippen molar-refractivity contribution in [2.24, 2.45) is 0 Å². The molecule has 100 valence electrons. The fraction of sp³-hybridized carbons (Fsp3) is 0.545. The molecule has 1 heterocycles. The summed E-state index contributed by atoms with van der Waals surface area (Å²) in [7, 11) is 0. The highest BCUT2D eigenvalue weighted by atomic mass is 32.1. The van der Waals surface area contributed by atoms with Crippen LogP contribution in [0.3, 0.4) is 0 Å². The Bertz CT molecular complexity index is 419. The van der Waals surface area contributed by atoms with E-state index in [9.17, 15) is 9.59 Å². The van der Waals surface area contributed by atoms with E-state index in [0.29, 0.717) is 0 Å². The molecule has 2 amide bonds. The first kappa shape index (κ1) is 14.4. The number of thiazole rings is 1. The number of nitrogens with one attached hydrogen (secondary N) is 2. The number of urea groups is 1. The first-order valence-electron chi connectivity index (χ1n) is 5.71. The van der Waals surface area contributed by atoms with Crippen molar-refractivity contribution in [3.63, 3.8) is 0 Å². The maximum Gasteiger partial charge on any atom is 0.315 e. The van der Waals surface area contributed by atoms with Crippen molar-refractivity contribution in [1.29, 1.82) is 0 Å². The first-order valence-corrected chi connectivity index (χ1v) is 6.59. The Morgan fingerprint density at radius 3 is 2.78 bits per heavy atom. The molecule has 0 fully saturated rings. The lowest BCUT2D eigenvalue weighted by molar-refractivity contribution is -0.136. The number of carboxylic acids is 1. The molecule has 6 nitrogen and oxygen atoms in total. The van der Waals surface area contributed by atoms with E-state index in [1.165, 1.54) is 11.3 Å². The van der Waals surface area contributed by atoms with E-state index < -0.39 is 5.97 Å². The Morgan fingerprint density at radius 2 is 2.28 bits per heavy atom. The third-order valence-electron chi connectivity index (χ3n) is 2.27. The standard InChI is InChI=1S/C11H17N3O3S/c1-3-8(10-13-7(2)6-18-10)14-11(17)12-5-4-9(15)16/h6,8H,3-5H2,1-2H3,(H,15,16)(H2,12,14,17). The van der Waals surface area contributed by atoms with Crippen LogP contribution in [-0.2, 0) is 4.79 Å². The van der Waals surface area contributed by atoms with Crippen LogP contribution in [0.15, 0.2) is 5.38 Å². The van der Waals surface area contributed by atoms with Crippen molar-refractivity contribution in [1.82, 2.24) is 15.6 Å². The second-order valence-corrected chi connectivity index (χ2v) is 4.72. The zero-order valence-electron chi connectivity index (χ0n) is 10.4. The number of carboxylic acid groups (broad SMARTS) is 1. The molecule has 1 unspecified atom stereocenters. The lowest BCUT2D eigenvalue weighted by atomic mass is 10.2. The van der Waals surface area contributed by atoms with E-state index in [2.05, 4.69) is 15.6 Å². The van der Waals surface area contributed by atoms with E-state index in [-0.39, 0.29) is 25.0 Å². The summed E-state index contributed by atoms with van der Waals surface area (Å²) in [6, 6.07) is -0.496. The summed E-state index contributed by atoms with van der Waals surface area (Å²) in [5.41, 5.74) is 0.932. The quantitative estimate of drug-likeness (QED) is 0.734. The summed E-state index contributed by atoms with van der Waals surface area (Å²) in [6.45, 7) is 3.98. The van der Waals surface area contributed by atoms with Gasteiger partial charge in [0.05, 0.1) is 12.5 Å². The van der Waals surface area contributed by atoms with Crippen LogP contribution in [0.1, 0.15) is 36.5 Å². The molecule has 1 rings (SSSR count). The van der Waals surface area contributed by atoms with Crippen molar-refractivity contribution in [3.05, 3.63) is 16.1 Å². The minimum Gasteiger partial charge on any atom is -0.481 e. The number of hydrogen-bond acceptors (Lipinski definition) is 4. The largest absolute Gasteiger partial charge is 0.481 e. The second kappa shape index (κ2) is 6.95. The number of aryl methyl sites for hydroxylation is 1. The number of amides is 2. The number of aliphatic carboxylic acids is 1. The molecule has 0 aliphatic rings. The zero-order chi connectivity index (χ0) is 13.5. The highest BCUT2D eigenvalue weighted by molar-refractivity contribution is 7.09. The summed E-state index contributed by atoms with van der Waals surface area (Å²) in [6.07, 6.45) is 0.653. The Hall–Kier alpha value is -1.63. The van der Waals surface area contributed by atoms with E-state index in [1.54, 1.807) is 0 Å². The van der Waals surface area contributed by atoms with Crippen molar-refractivity contribution in [3.8, 4) is 0 Å². The van der Waals surface area contributed by atoms with Gasteiger partial charge in [0.1, 0.15) is 5.01 Å². The van der Waals surface area contributed by atoms with Crippen LogP contribution >= 0.6 is 11.3 Å². The topological polar surface area (TPSA) is 91.3 Å². The minimum absolute atomic E-state index is 0.0828. The van der Waals surface area contributed by atoms with E-state index in [0.717, 1.165) is 17.1 Å². The smallest absolute Gasteiger partial charge is 0.315 e. The highest BCUT2D eigenvalue weighted by Crippen LogP contribution is 2.20. The highest BCUT2D eigenvalue weighted by Gasteiger charge is 2.15. The summed E-state index contributed by atoms with van der Waals surface area (Å²) in [5.74, 6) is -0.933. The number of aromatic nitrogens is 1. The van der Waals surface area contributed by atoms with E-state index >= 15 is 0 Å². The molecule has 0 aliphatic heterocycles. The Morgan fingerprint density at radius 1 is 1.56 bits per heavy atom. The second-order valence-electron chi connectivity index (χ2n) is 3.83. The maximum absolute atomic E-state index is 11.5. The molecular formula is C11H17N3O3S. The van der Waals surface area contributed by atoms with Crippen LogP contribution in [0.2, 0.25) is 0 Å². The summed E-state index contributed by atoms with van der Waals surface area (Å²) in [4.78, 5) is 26.2. The fourth-order valence-corrected chi connectivity index (χ4v) is 2.29. The average molecular weight is 271 g/mol. The van der Waals surface area contributed by atoms with Gasteiger partial charge in [-0.25, -0.2) is 9.78 Å². The number of rotatable bonds is 6. The average Bonchev–Trinajstić information content (AvgIpc) is 2.72. The maximum atomic E-state index is 11.5. The first-order chi connectivity index (χ1) is 8.52. The molecule has 7 heteroatoms. The normalized spacial score (nSPS) is 11.9. The van der Waals surface area contributed by atoms with Crippen molar-refractivity contribution >= 4 is 23.3 Å². The third kappa shape index (κ3) is 4.70. The van der Waals surface area contributed by atoms with E-state index in [4.69, 9.17) is 5.11 Å². The van der Waals surface area contributed by atoms with Gasteiger partial charge >= 0.3 is 12.0 Å². The van der Waals surface area contributed by atoms with Gasteiger partial charge in [-0.05, 0) is 13.3 Å². The molecule has 18 heavy (non-hydrogen) atoms. The van der Waals surface area contributed by atoms with Crippen LogP contribution in [-0.4, -0.2) is 28.6 Å². The molecule has 0 saturated carbocycles. The van der Waals surface area contributed by atoms with Gasteiger partial charge < -0.3 is 15.7 Å². The predicted octanol–water partition coefficient (Wildman–Crippen LogP) is 1.68. The minimum atomic E-state index is -0.933. The van der Waals surface area contributed by atoms with E-state index in [1.807, 2.05) is 19.2 Å². The van der Waals surface area contributed by atoms with Crippen LogP contribution in [0.5, 0.6) is 0 Å². The molecular weight excluding hydrogens is 254 g/mol. The number of hydrogen-bond donors (Lipinski definition) is 3. The van der Waals surface area contributed by atoms with Gasteiger partial charge in [-0.1, -0.05) is 6.92 Å². The summed E-state index contributed by atoms with van der Waals surface area (Å²) >= 11 is 1.51. The SMILES string of the molecule is CCC(NC(=O)NCCC(=O)O)c1nc(C)cs1. The number of nitrogens with zero attached hydrogens (tertiary/aromatic N) is 1. The fourth-order valence-electron chi connectivity index (χ4n) is 1.36. The Balaban J connectivity index is 2.43. The van der Waals surface area contributed by atoms with Crippen molar-refractivity contribution in [2.75, 3.05) is 6.54 Å². The number of carbonyl (C=O) groups is 2. The van der Waals surface area contributed by atoms with Crippen LogP contribution in [0.4, 0.5) is 4.79 Å². The van der Waals surface area contributed by atoms with Crippen LogP contribution in [0.25, 0.3) is 0 Å². The van der Waals surface area contributed by atoms with Gasteiger partial charge in [-0.2, -0.15) is 0 Å². The molecule has 0 radical (unpaired) electrons. The van der Waals surface area contributed by atoms with Gasteiger partial charge in [-0.15, -0.1) is 11.3 Å². The lowest BCUT2D eigenvalue weighted by Gasteiger charge is -2.14. The van der Waals surface area contributed by atoms with Gasteiger partial charge in [0.15, 0.2) is 0 Å². The Kier molecular flexibility index (Phi) is 5.57. The molecule has 3 N–H and O–H groups in total. The molecule has 1 aromatic rings. The van der Waals surface area contributed by atoms with Gasteiger partial charge in [0, 0.05) is 17.6 Å². The van der Waals surface area contributed by atoms with Gasteiger partial charge in [0.2, 0.25) is 0 Å². The van der Waals surface area contributed by atoms with Crippen LogP contribution in [0, 0.1) is 6.92 Å². The predicted molar refractivity (Wildman–Crippen MR) is 68.7 cm³/mol. The molecule has 0 aromatic carbocycles. The molecule has 0 aliphatic carbocycles. The molecule has 0 spiro atoms. The third-order valence-corrected chi connectivity index (χ3v) is 3.35. The molecule has 1 aromatic heterocycles. The summed E-state index contributed by atoms with van der Waals surface area (Å²) < 4.78 is 0. The van der Waals surface area contributed by atoms with Gasteiger partial charge in [0.25, 0.3) is 0 Å². The monoisotopic (exact) mass is 271 g/mol. The van der Waals surface area contributed by atoms with Crippen LogP contribution < -0.4 is 10.6 Å². The number of carbonyl (C=O) groups excluding carboxylic acids is 1. The molecule has 0 bridgehead atoms. The van der Waals surface area contributed by atoms with Crippen molar-refractivity contribution < 1.29 is 14.7 Å². The van der Waals surface area contributed by atoms with Gasteiger partial charge in [-0.3, -0.25) is 4.79 Å².